The Morgan fingerprint density at radius 3 is 2.50 bits per heavy atom. The lowest BCUT2D eigenvalue weighted by Crippen LogP contribution is -1.89. The smallest absolute Gasteiger partial charge is 0.193 e. The number of nitrogens with zero attached hydrogens (tertiary/aromatic N) is 2. The summed E-state index contributed by atoms with van der Waals surface area (Å²) in [6.45, 7) is 1.91. The lowest BCUT2D eigenvalue weighted by molar-refractivity contribution is 0.415. The van der Waals surface area contributed by atoms with Gasteiger partial charge >= 0.3 is 0 Å². The van der Waals surface area contributed by atoms with Crippen molar-refractivity contribution in [2.45, 2.75) is 6.92 Å². The van der Waals surface area contributed by atoms with E-state index in [2.05, 4.69) is 5.16 Å². The van der Waals surface area contributed by atoms with Crippen LogP contribution in [0.3, 0.4) is 0 Å². The highest BCUT2D eigenvalue weighted by molar-refractivity contribution is 5.93. The van der Waals surface area contributed by atoms with Crippen LogP contribution in [-0.2, 0) is 0 Å². The molecule has 0 saturated heterocycles. The topological polar surface area (TPSA) is 48.2 Å². The predicted octanol–water partition coefficient (Wildman–Crippen LogP) is 4.87. The zero-order valence-electron chi connectivity index (χ0n) is 13.5. The second-order valence-electron chi connectivity index (χ2n) is 5.60. The monoisotopic (exact) mass is 316 g/mol. The molecule has 0 fully saturated rings. The molecular formula is C20H16N2O2. The van der Waals surface area contributed by atoms with E-state index in [0.717, 1.165) is 39.3 Å². The minimum absolute atomic E-state index is 0.695. The van der Waals surface area contributed by atoms with Crippen molar-refractivity contribution in [2.24, 2.45) is 0 Å². The van der Waals surface area contributed by atoms with E-state index < -0.39 is 0 Å². The number of fused-ring (bicyclic) bond motifs is 1. The molecule has 4 rings (SSSR count). The van der Waals surface area contributed by atoms with Gasteiger partial charge in [-0.1, -0.05) is 47.6 Å². The molecule has 0 spiro atoms. The molecule has 4 aromatic rings. The number of methoxy groups -OCH3 is 1. The van der Waals surface area contributed by atoms with E-state index in [4.69, 9.17) is 14.2 Å². The van der Waals surface area contributed by atoms with E-state index >= 15 is 0 Å². The summed E-state index contributed by atoms with van der Waals surface area (Å²) < 4.78 is 10.9. The van der Waals surface area contributed by atoms with Gasteiger partial charge in [0.2, 0.25) is 0 Å². The van der Waals surface area contributed by atoms with Gasteiger partial charge in [0.15, 0.2) is 5.58 Å². The third-order valence-corrected chi connectivity index (χ3v) is 4.04. The molecule has 0 aliphatic carbocycles. The lowest BCUT2D eigenvalue weighted by Gasteiger charge is -2.08. The van der Waals surface area contributed by atoms with Crippen LogP contribution in [0, 0.1) is 6.92 Å². The summed E-state index contributed by atoms with van der Waals surface area (Å²) in [6, 6.07) is 20.0. The average molecular weight is 316 g/mol. The fourth-order valence-corrected chi connectivity index (χ4v) is 2.79. The van der Waals surface area contributed by atoms with Crippen molar-refractivity contribution in [1.82, 2.24) is 10.1 Å². The molecular weight excluding hydrogens is 300 g/mol. The van der Waals surface area contributed by atoms with Crippen molar-refractivity contribution in [1.29, 1.82) is 0 Å². The molecule has 0 N–H and O–H groups in total. The van der Waals surface area contributed by atoms with Crippen LogP contribution in [-0.4, -0.2) is 17.3 Å². The molecule has 0 bridgehead atoms. The number of hydrogen-bond donors (Lipinski definition) is 0. The molecule has 0 unspecified atom stereocenters. The summed E-state index contributed by atoms with van der Waals surface area (Å²) >= 11 is 0. The summed E-state index contributed by atoms with van der Waals surface area (Å²) in [5.41, 5.74) is 6.19. The number of ether oxygens (including phenoxy) is 1. The fourth-order valence-electron chi connectivity index (χ4n) is 2.79. The zero-order valence-corrected chi connectivity index (χ0v) is 13.5. The van der Waals surface area contributed by atoms with Gasteiger partial charge in [-0.25, -0.2) is 4.98 Å². The minimum Gasteiger partial charge on any atom is -0.497 e. The van der Waals surface area contributed by atoms with Crippen molar-refractivity contribution < 1.29 is 9.26 Å². The van der Waals surface area contributed by atoms with E-state index in [9.17, 15) is 0 Å². The van der Waals surface area contributed by atoms with E-state index in [1.807, 2.05) is 67.6 Å². The second-order valence-corrected chi connectivity index (χ2v) is 5.60. The number of hydrogen-bond acceptors (Lipinski definition) is 4. The van der Waals surface area contributed by atoms with Crippen LogP contribution in [0.25, 0.3) is 33.5 Å². The average Bonchev–Trinajstić information content (AvgIpc) is 3.03. The zero-order chi connectivity index (χ0) is 16.5. The molecule has 2 heterocycles. The van der Waals surface area contributed by atoms with Gasteiger partial charge in [-0.15, -0.1) is 0 Å². The quantitative estimate of drug-likeness (QED) is 0.541. The number of benzene rings is 2. The third kappa shape index (κ3) is 2.42. The van der Waals surface area contributed by atoms with Crippen LogP contribution in [0.1, 0.15) is 5.69 Å². The first-order chi connectivity index (χ1) is 11.8. The highest BCUT2D eigenvalue weighted by Gasteiger charge is 2.16. The van der Waals surface area contributed by atoms with E-state index in [1.165, 1.54) is 0 Å². The van der Waals surface area contributed by atoms with Crippen molar-refractivity contribution in [3.05, 3.63) is 66.4 Å². The Balaban J connectivity index is 2.00. The molecule has 0 saturated carbocycles. The molecule has 0 aliphatic heterocycles. The fraction of sp³-hybridized carbons (Fsp3) is 0.100. The summed E-state index contributed by atoms with van der Waals surface area (Å²) in [7, 11) is 1.66. The molecule has 2 aromatic carbocycles. The van der Waals surface area contributed by atoms with E-state index in [0.29, 0.717) is 5.58 Å². The Hall–Kier alpha value is -3.14. The molecule has 2 aromatic heterocycles. The molecule has 0 amide bonds. The first-order valence-electron chi connectivity index (χ1n) is 7.73. The minimum atomic E-state index is 0.695. The van der Waals surface area contributed by atoms with Crippen LogP contribution in [0.5, 0.6) is 5.75 Å². The maximum Gasteiger partial charge on any atom is 0.193 e. The van der Waals surface area contributed by atoms with Gasteiger partial charge < -0.3 is 9.26 Å². The largest absolute Gasteiger partial charge is 0.497 e. The van der Waals surface area contributed by atoms with Crippen molar-refractivity contribution in [3.8, 4) is 28.1 Å². The summed E-state index contributed by atoms with van der Waals surface area (Å²) in [5.74, 6) is 0.801. The number of rotatable bonds is 3. The number of aryl methyl sites for hydroxylation is 1. The van der Waals surface area contributed by atoms with Crippen LogP contribution in [0.15, 0.2) is 65.2 Å². The second kappa shape index (κ2) is 5.81. The molecule has 0 radical (unpaired) electrons. The SMILES string of the molecule is COc1cccc(-c2cc(-c3ccccc3)nc3c(C)noc23)c1. The highest BCUT2D eigenvalue weighted by Crippen LogP contribution is 2.34. The Labute approximate surface area is 139 Å². The van der Waals surface area contributed by atoms with Crippen molar-refractivity contribution >= 4 is 11.1 Å². The van der Waals surface area contributed by atoms with Gasteiger partial charge in [0, 0.05) is 11.1 Å². The molecule has 4 heteroatoms. The van der Waals surface area contributed by atoms with Crippen LogP contribution < -0.4 is 4.74 Å². The van der Waals surface area contributed by atoms with E-state index in [1.54, 1.807) is 7.11 Å². The van der Waals surface area contributed by atoms with E-state index in [-0.39, 0.29) is 0 Å². The number of pyridine rings is 1. The molecule has 0 aliphatic rings. The predicted molar refractivity (Wildman–Crippen MR) is 94.0 cm³/mol. The Kier molecular flexibility index (Phi) is 3.50. The Morgan fingerprint density at radius 2 is 1.71 bits per heavy atom. The maximum atomic E-state index is 5.55. The molecule has 118 valence electrons. The maximum absolute atomic E-state index is 5.55. The lowest BCUT2D eigenvalue weighted by atomic mass is 10.0. The van der Waals surface area contributed by atoms with Crippen LogP contribution >= 0.6 is 0 Å². The van der Waals surface area contributed by atoms with Gasteiger partial charge in [0.25, 0.3) is 0 Å². The van der Waals surface area contributed by atoms with Crippen LogP contribution in [0.4, 0.5) is 0 Å². The highest BCUT2D eigenvalue weighted by atomic mass is 16.5. The number of aromatic nitrogens is 2. The van der Waals surface area contributed by atoms with Gasteiger partial charge in [0.1, 0.15) is 17.0 Å². The molecule has 4 nitrogen and oxygen atoms in total. The van der Waals surface area contributed by atoms with Crippen LogP contribution in [0.2, 0.25) is 0 Å². The first-order valence-corrected chi connectivity index (χ1v) is 7.73. The Bertz CT molecular complexity index is 1010. The van der Waals surface area contributed by atoms with Gasteiger partial charge in [-0.05, 0) is 30.7 Å². The normalized spacial score (nSPS) is 10.9. The third-order valence-electron chi connectivity index (χ3n) is 4.04. The van der Waals surface area contributed by atoms with Gasteiger partial charge in [-0.3, -0.25) is 0 Å². The van der Waals surface area contributed by atoms with Crippen molar-refractivity contribution in [3.63, 3.8) is 0 Å². The van der Waals surface area contributed by atoms with Crippen molar-refractivity contribution in [2.75, 3.05) is 7.11 Å². The Morgan fingerprint density at radius 1 is 0.917 bits per heavy atom. The summed E-state index contributed by atoms with van der Waals surface area (Å²) in [5, 5.41) is 4.09. The summed E-state index contributed by atoms with van der Waals surface area (Å²) in [4.78, 5) is 4.75. The molecule has 0 atom stereocenters. The first kappa shape index (κ1) is 14.5. The standard InChI is InChI=1S/C20H16N2O2/c1-13-19-20(24-22-13)17(15-9-6-10-16(11-15)23-2)12-18(21-19)14-7-4-3-5-8-14/h3-12H,1-2H3. The van der Waals surface area contributed by atoms with Gasteiger partial charge in [-0.2, -0.15) is 0 Å². The van der Waals surface area contributed by atoms with Gasteiger partial charge in [0.05, 0.1) is 12.8 Å². The summed E-state index contributed by atoms with van der Waals surface area (Å²) in [6.07, 6.45) is 0. The molecule has 24 heavy (non-hydrogen) atoms.